The standard InChI is InChI=1S/C21H25NO5/c1-13-18-16(24)9-21(2,3)10-17(18)27-19(13)20(25)22-11-14(23)12-26-15-7-5-4-6-8-15/h4-8,14,23H,9-12H2,1-3H3,(H,22,25)/t14-/m1/s1. The molecule has 0 spiro atoms. The number of carbonyl (C=O) groups excluding carboxylic acids is 2. The number of para-hydroxylation sites is 1. The number of rotatable bonds is 6. The van der Waals surface area contributed by atoms with E-state index in [-0.39, 0.29) is 30.1 Å². The van der Waals surface area contributed by atoms with Gasteiger partial charge in [0.2, 0.25) is 0 Å². The highest BCUT2D eigenvalue weighted by atomic mass is 16.5. The zero-order valence-electron chi connectivity index (χ0n) is 15.9. The molecule has 1 aromatic heterocycles. The van der Waals surface area contributed by atoms with Crippen LogP contribution in [0.4, 0.5) is 0 Å². The van der Waals surface area contributed by atoms with Gasteiger partial charge in [0.1, 0.15) is 24.2 Å². The Morgan fingerprint density at radius 2 is 2.00 bits per heavy atom. The molecule has 1 aromatic carbocycles. The number of nitrogens with one attached hydrogen (secondary N) is 1. The summed E-state index contributed by atoms with van der Waals surface area (Å²) in [6.45, 7) is 5.83. The highest BCUT2D eigenvalue weighted by molar-refractivity contribution is 6.03. The summed E-state index contributed by atoms with van der Waals surface area (Å²) < 4.78 is 11.2. The van der Waals surface area contributed by atoms with Crippen molar-refractivity contribution >= 4 is 11.7 Å². The highest BCUT2D eigenvalue weighted by Crippen LogP contribution is 2.38. The topological polar surface area (TPSA) is 88.8 Å². The molecule has 0 aliphatic heterocycles. The second kappa shape index (κ2) is 7.56. The number of hydrogen-bond donors (Lipinski definition) is 2. The van der Waals surface area contributed by atoms with Gasteiger partial charge in [-0.2, -0.15) is 0 Å². The fourth-order valence-electron chi connectivity index (χ4n) is 3.36. The molecule has 0 radical (unpaired) electrons. The molecule has 3 rings (SSSR count). The van der Waals surface area contributed by atoms with Gasteiger partial charge >= 0.3 is 0 Å². The Morgan fingerprint density at radius 1 is 1.30 bits per heavy atom. The maximum Gasteiger partial charge on any atom is 0.287 e. The van der Waals surface area contributed by atoms with Gasteiger partial charge < -0.3 is 19.6 Å². The Morgan fingerprint density at radius 3 is 2.70 bits per heavy atom. The van der Waals surface area contributed by atoms with Gasteiger partial charge in [0.15, 0.2) is 11.5 Å². The first-order valence-corrected chi connectivity index (χ1v) is 9.06. The predicted molar refractivity (Wildman–Crippen MR) is 100 cm³/mol. The van der Waals surface area contributed by atoms with E-state index in [1.54, 1.807) is 19.1 Å². The van der Waals surface area contributed by atoms with Crippen molar-refractivity contribution in [3.63, 3.8) is 0 Å². The molecule has 0 saturated carbocycles. The van der Waals surface area contributed by atoms with Gasteiger partial charge in [-0.15, -0.1) is 0 Å². The molecule has 144 valence electrons. The molecule has 1 atom stereocenters. The smallest absolute Gasteiger partial charge is 0.287 e. The lowest BCUT2D eigenvalue weighted by atomic mass is 9.76. The summed E-state index contributed by atoms with van der Waals surface area (Å²) in [5.74, 6) is 0.941. The zero-order valence-corrected chi connectivity index (χ0v) is 15.9. The van der Waals surface area contributed by atoms with Crippen LogP contribution in [0.25, 0.3) is 0 Å². The van der Waals surface area contributed by atoms with Crippen LogP contribution in [0.15, 0.2) is 34.7 Å². The number of ketones is 1. The third-order valence-electron chi connectivity index (χ3n) is 4.67. The number of furan rings is 1. The van der Waals surface area contributed by atoms with E-state index in [0.717, 1.165) is 0 Å². The zero-order chi connectivity index (χ0) is 19.6. The fraction of sp³-hybridized carbons (Fsp3) is 0.429. The minimum Gasteiger partial charge on any atom is -0.491 e. The van der Waals surface area contributed by atoms with E-state index in [1.165, 1.54) is 0 Å². The molecular weight excluding hydrogens is 346 g/mol. The molecule has 1 aliphatic carbocycles. The van der Waals surface area contributed by atoms with Gasteiger partial charge in [0.05, 0.1) is 5.56 Å². The van der Waals surface area contributed by atoms with Crippen molar-refractivity contribution in [2.45, 2.75) is 39.7 Å². The number of hydrogen-bond acceptors (Lipinski definition) is 5. The Balaban J connectivity index is 1.59. The molecule has 0 fully saturated rings. The second-order valence-corrected chi connectivity index (χ2v) is 7.78. The van der Waals surface area contributed by atoms with Crippen LogP contribution in [-0.2, 0) is 6.42 Å². The van der Waals surface area contributed by atoms with Crippen molar-refractivity contribution in [1.82, 2.24) is 5.32 Å². The lowest BCUT2D eigenvalue weighted by Crippen LogP contribution is -2.35. The molecule has 6 heteroatoms. The Kier molecular flexibility index (Phi) is 5.37. The van der Waals surface area contributed by atoms with E-state index in [1.807, 2.05) is 32.0 Å². The minimum absolute atomic E-state index is 0.0119. The maximum absolute atomic E-state index is 12.5. The molecule has 6 nitrogen and oxygen atoms in total. The Bertz CT molecular complexity index is 838. The van der Waals surface area contributed by atoms with Crippen LogP contribution in [0.2, 0.25) is 0 Å². The number of fused-ring (bicyclic) bond motifs is 1. The quantitative estimate of drug-likeness (QED) is 0.815. The first kappa shape index (κ1) is 19.2. The summed E-state index contributed by atoms with van der Waals surface area (Å²) in [4.78, 5) is 24.9. The number of ether oxygens (including phenoxy) is 1. The van der Waals surface area contributed by atoms with Crippen LogP contribution in [0, 0.1) is 12.3 Å². The predicted octanol–water partition coefficient (Wildman–Crippen LogP) is 2.91. The number of Topliss-reactive ketones (excluding diaryl/α,β-unsaturated/α-hetero) is 1. The summed E-state index contributed by atoms with van der Waals surface area (Å²) in [5.41, 5.74) is 0.929. The van der Waals surface area contributed by atoms with Crippen molar-refractivity contribution in [3.8, 4) is 5.75 Å². The first-order valence-electron chi connectivity index (χ1n) is 9.06. The summed E-state index contributed by atoms with van der Waals surface area (Å²) in [6, 6.07) is 9.14. The molecule has 0 bridgehead atoms. The molecule has 27 heavy (non-hydrogen) atoms. The lowest BCUT2D eigenvalue weighted by molar-refractivity contribution is 0.0816. The van der Waals surface area contributed by atoms with Crippen LogP contribution >= 0.6 is 0 Å². The summed E-state index contributed by atoms with van der Waals surface area (Å²) >= 11 is 0. The van der Waals surface area contributed by atoms with E-state index in [2.05, 4.69) is 5.32 Å². The lowest BCUT2D eigenvalue weighted by Gasteiger charge is -2.27. The number of aliphatic hydroxyl groups excluding tert-OH is 1. The van der Waals surface area contributed by atoms with Crippen molar-refractivity contribution in [2.24, 2.45) is 5.41 Å². The number of benzene rings is 1. The number of aliphatic hydroxyl groups is 1. The van der Waals surface area contributed by atoms with E-state index in [9.17, 15) is 14.7 Å². The van der Waals surface area contributed by atoms with Crippen LogP contribution in [0.5, 0.6) is 5.75 Å². The van der Waals surface area contributed by atoms with Crippen molar-refractivity contribution < 1.29 is 23.8 Å². The minimum atomic E-state index is -0.861. The first-order chi connectivity index (χ1) is 12.8. The summed E-state index contributed by atoms with van der Waals surface area (Å²) in [6.07, 6.45) is 0.201. The molecule has 2 aromatic rings. The van der Waals surface area contributed by atoms with Crippen LogP contribution in [-0.4, -0.2) is 36.1 Å². The normalized spacial score (nSPS) is 16.5. The van der Waals surface area contributed by atoms with Gasteiger partial charge in [0.25, 0.3) is 5.91 Å². The largest absolute Gasteiger partial charge is 0.491 e. The van der Waals surface area contributed by atoms with Gasteiger partial charge in [-0.3, -0.25) is 9.59 Å². The van der Waals surface area contributed by atoms with Gasteiger partial charge in [-0.1, -0.05) is 32.0 Å². The van der Waals surface area contributed by atoms with Crippen LogP contribution < -0.4 is 10.1 Å². The Hall–Kier alpha value is -2.60. The third kappa shape index (κ3) is 4.39. The average molecular weight is 371 g/mol. The summed E-state index contributed by atoms with van der Waals surface area (Å²) in [7, 11) is 0. The summed E-state index contributed by atoms with van der Waals surface area (Å²) in [5, 5.41) is 12.7. The van der Waals surface area contributed by atoms with Gasteiger partial charge in [-0.25, -0.2) is 0 Å². The molecule has 2 N–H and O–H groups in total. The highest BCUT2D eigenvalue weighted by Gasteiger charge is 2.37. The van der Waals surface area contributed by atoms with Crippen molar-refractivity contribution in [1.29, 1.82) is 0 Å². The molecule has 1 amide bonds. The van der Waals surface area contributed by atoms with Crippen LogP contribution in [0.3, 0.4) is 0 Å². The van der Waals surface area contributed by atoms with Gasteiger partial charge in [0, 0.05) is 24.9 Å². The van der Waals surface area contributed by atoms with Gasteiger partial charge in [-0.05, 0) is 24.5 Å². The van der Waals surface area contributed by atoms with E-state index in [0.29, 0.717) is 35.5 Å². The average Bonchev–Trinajstić information content (AvgIpc) is 2.94. The van der Waals surface area contributed by atoms with E-state index < -0.39 is 12.0 Å². The molecular formula is C21H25NO5. The SMILES string of the molecule is Cc1c(C(=O)NC[C@@H](O)COc2ccccc2)oc2c1C(=O)CC(C)(C)C2. The Labute approximate surface area is 158 Å². The second-order valence-electron chi connectivity index (χ2n) is 7.78. The molecule has 0 unspecified atom stereocenters. The van der Waals surface area contributed by atoms with Crippen molar-refractivity contribution in [3.05, 3.63) is 53.0 Å². The van der Waals surface area contributed by atoms with Crippen LogP contribution in [0.1, 0.15) is 52.5 Å². The third-order valence-corrected chi connectivity index (χ3v) is 4.67. The van der Waals surface area contributed by atoms with Crippen molar-refractivity contribution in [2.75, 3.05) is 13.2 Å². The number of amides is 1. The number of carbonyl (C=O) groups is 2. The monoisotopic (exact) mass is 371 g/mol. The molecule has 1 aliphatic rings. The van der Waals surface area contributed by atoms with E-state index in [4.69, 9.17) is 9.15 Å². The van der Waals surface area contributed by atoms with E-state index >= 15 is 0 Å². The maximum atomic E-state index is 12.5. The molecule has 1 heterocycles. The molecule has 0 saturated heterocycles. The fourth-order valence-corrected chi connectivity index (χ4v) is 3.36.